The molecule has 0 aliphatic carbocycles. The summed E-state index contributed by atoms with van der Waals surface area (Å²) < 4.78 is 18.6. The van der Waals surface area contributed by atoms with Gasteiger partial charge in [-0.25, -0.2) is 9.18 Å². The van der Waals surface area contributed by atoms with Crippen molar-refractivity contribution in [3.8, 4) is 5.82 Å². The number of hydrogen-bond acceptors (Lipinski definition) is 3. The highest BCUT2D eigenvalue weighted by Gasteiger charge is 2.22. The van der Waals surface area contributed by atoms with Crippen LogP contribution in [-0.2, 0) is 6.54 Å². The van der Waals surface area contributed by atoms with E-state index >= 15 is 4.39 Å². The van der Waals surface area contributed by atoms with Gasteiger partial charge in [-0.1, -0.05) is 29.4 Å². The Morgan fingerprint density at radius 3 is 2.76 bits per heavy atom. The molecule has 4 aromatic rings. The normalized spacial score (nSPS) is 11.3. The maximum Gasteiger partial charge on any atom is 0.335 e. The van der Waals surface area contributed by atoms with Crippen molar-refractivity contribution in [2.75, 3.05) is 0 Å². The average molecular weight is 430 g/mol. The Morgan fingerprint density at radius 1 is 1.28 bits per heavy atom. The Morgan fingerprint density at radius 2 is 2.07 bits per heavy atom. The van der Waals surface area contributed by atoms with E-state index < -0.39 is 11.8 Å². The lowest BCUT2D eigenvalue weighted by Crippen LogP contribution is -2.02. The largest absolute Gasteiger partial charge is 0.478 e. The predicted octanol–water partition coefficient (Wildman–Crippen LogP) is 5.80. The molecule has 148 valence electrons. The fourth-order valence-electron chi connectivity index (χ4n) is 3.28. The topological polar surface area (TPSA) is 60.0 Å². The van der Waals surface area contributed by atoms with Crippen LogP contribution in [0.5, 0.6) is 0 Å². The van der Waals surface area contributed by atoms with Crippen LogP contribution in [0.3, 0.4) is 0 Å². The van der Waals surface area contributed by atoms with Gasteiger partial charge >= 0.3 is 5.97 Å². The molecule has 2 heterocycles. The van der Waals surface area contributed by atoms with E-state index in [0.717, 1.165) is 15.5 Å². The van der Waals surface area contributed by atoms with E-state index in [9.17, 15) is 9.90 Å². The van der Waals surface area contributed by atoms with Crippen molar-refractivity contribution in [2.45, 2.75) is 30.2 Å². The lowest BCUT2D eigenvalue weighted by atomic mass is 10.2. The van der Waals surface area contributed by atoms with Crippen molar-refractivity contribution >= 4 is 40.2 Å². The number of aryl methyl sites for hydroxylation is 1. The van der Waals surface area contributed by atoms with Crippen molar-refractivity contribution in [3.05, 3.63) is 70.8 Å². The van der Waals surface area contributed by atoms with Gasteiger partial charge in [-0.15, -0.1) is 0 Å². The first-order chi connectivity index (χ1) is 13.9. The molecule has 0 atom stereocenters. The highest BCUT2D eigenvalue weighted by Crippen LogP contribution is 2.41. The number of carboxylic acid groups (broad SMARTS) is 1. The van der Waals surface area contributed by atoms with Crippen LogP contribution in [0, 0.1) is 12.7 Å². The number of rotatable bonds is 5. The summed E-state index contributed by atoms with van der Waals surface area (Å²) in [7, 11) is 0. The number of hydrogen-bond donors (Lipinski definition) is 1. The second-order valence-corrected chi connectivity index (χ2v) is 7.96. The van der Waals surface area contributed by atoms with E-state index in [0.29, 0.717) is 23.3 Å². The van der Waals surface area contributed by atoms with Gasteiger partial charge in [0.25, 0.3) is 0 Å². The molecule has 0 unspecified atom stereocenters. The first-order valence-electron chi connectivity index (χ1n) is 8.94. The molecule has 0 radical (unpaired) electrons. The van der Waals surface area contributed by atoms with Gasteiger partial charge in [-0.05, 0) is 44.2 Å². The third-order valence-corrected chi connectivity index (χ3v) is 6.18. The molecular weight excluding hydrogens is 413 g/mol. The summed E-state index contributed by atoms with van der Waals surface area (Å²) in [5.74, 6) is -0.902. The maximum absolute atomic E-state index is 15.1. The zero-order chi connectivity index (χ0) is 20.7. The number of nitrogens with zero attached hydrogens (tertiary/aromatic N) is 3. The van der Waals surface area contributed by atoms with Crippen molar-refractivity contribution in [3.63, 3.8) is 0 Å². The van der Waals surface area contributed by atoms with Crippen molar-refractivity contribution in [2.24, 2.45) is 0 Å². The third kappa shape index (κ3) is 3.41. The highest BCUT2D eigenvalue weighted by molar-refractivity contribution is 7.99. The van der Waals surface area contributed by atoms with Crippen LogP contribution in [0.25, 0.3) is 16.7 Å². The van der Waals surface area contributed by atoms with Crippen LogP contribution in [-0.4, -0.2) is 25.4 Å². The van der Waals surface area contributed by atoms with E-state index in [-0.39, 0.29) is 10.6 Å². The lowest BCUT2D eigenvalue weighted by molar-refractivity contribution is 0.0696. The molecule has 0 bridgehead atoms. The molecule has 1 N–H and O–H groups in total. The summed E-state index contributed by atoms with van der Waals surface area (Å²) in [5, 5.41) is 14.5. The molecule has 4 rings (SSSR count). The molecular formula is C21H17ClFN3O2S. The Hall–Kier alpha value is -2.77. The van der Waals surface area contributed by atoms with Gasteiger partial charge in [-0.2, -0.15) is 5.10 Å². The minimum Gasteiger partial charge on any atom is -0.478 e. The molecule has 0 aliphatic rings. The van der Waals surface area contributed by atoms with E-state index in [1.807, 2.05) is 32.2 Å². The van der Waals surface area contributed by atoms with Crippen molar-refractivity contribution < 1.29 is 14.3 Å². The first kappa shape index (κ1) is 19.5. The summed E-state index contributed by atoms with van der Waals surface area (Å²) in [6.45, 7) is 4.57. The zero-order valence-corrected chi connectivity index (χ0v) is 17.3. The smallest absolute Gasteiger partial charge is 0.335 e. The van der Waals surface area contributed by atoms with Crippen LogP contribution in [0.15, 0.2) is 58.5 Å². The predicted molar refractivity (Wildman–Crippen MR) is 112 cm³/mol. The van der Waals surface area contributed by atoms with Crippen molar-refractivity contribution in [1.82, 2.24) is 14.3 Å². The monoisotopic (exact) mass is 429 g/mol. The van der Waals surface area contributed by atoms with Gasteiger partial charge < -0.3 is 5.11 Å². The molecule has 0 aliphatic heterocycles. The van der Waals surface area contributed by atoms with Gasteiger partial charge in [0.15, 0.2) is 11.6 Å². The van der Waals surface area contributed by atoms with Crippen LogP contribution in [0.1, 0.15) is 23.0 Å². The lowest BCUT2D eigenvalue weighted by Gasteiger charge is -2.06. The van der Waals surface area contributed by atoms with Gasteiger partial charge in [0, 0.05) is 39.7 Å². The molecule has 2 aromatic carbocycles. The quantitative estimate of drug-likeness (QED) is 0.435. The molecule has 5 nitrogen and oxygen atoms in total. The SMILES string of the molecule is CCn1ccc(-n2c(C)c(Sc3cccc(C(=O)O)c3)c3ccc(Cl)c(F)c32)n1. The molecule has 0 spiro atoms. The van der Waals surface area contributed by atoms with E-state index in [1.165, 1.54) is 17.8 Å². The summed E-state index contributed by atoms with van der Waals surface area (Å²) in [6, 6.07) is 11.8. The Labute approximate surface area is 175 Å². The Balaban J connectivity index is 1.93. The summed E-state index contributed by atoms with van der Waals surface area (Å²) in [4.78, 5) is 12.9. The minimum absolute atomic E-state index is 0.0376. The minimum atomic E-state index is -0.991. The summed E-state index contributed by atoms with van der Waals surface area (Å²) >= 11 is 7.46. The number of aromatic nitrogens is 3. The number of halogens is 2. The molecule has 0 saturated heterocycles. The van der Waals surface area contributed by atoms with Crippen LogP contribution in [0.4, 0.5) is 4.39 Å². The highest BCUT2D eigenvalue weighted by atomic mass is 35.5. The van der Waals surface area contributed by atoms with Gasteiger partial charge in [-0.3, -0.25) is 9.25 Å². The number of carbonyl (C=O) groups is 1. The molecule has 0 amide bonds. The third-order valence-electron chi connectivity index (χ3n) is 4.68. The number of benzene rings is 2. The standard InChI is InChI=1S/C21H17ClFN3O2S/c1-3-25-10-9-17(24-25)26-12(2)20(15-7-8-16(22)18(23)19(15)26)29-14-6-4-5-13(11-14)21(27)28/h4-11H,3H2,1-2H3,(H,27,28). The molecule has 0 fully saturated rings. The summed E-state index contributed by atoms with van der Waals surface area (Å²) in [6.07, 6.45) is 1.84. The molecule has 8 heteroatoms. The van der Waals surface area contributed by atoms with Gasteiger partial charge in [0.05, 0.1) is 16.1 Å². The van der Waals surface area contributed by atoms with Crippen molar-refractivity contribution in [1.29, 1.82) is 0 Å². The first-order valence-corrected chi connectivity index (χ1v) is 10.1. The zero-order valence-electron chi connectivity index (χ0n) is 15.7. The van der Waals surface area contributed by atoms with E-state index in [4.69, 9.17) is 11.6 Å². The molecule has 2 aromatic heterocycles. The van der Waals surface area contributed by atoms with Crippen LogP contribution in [0.2, 0.25) is 5.02 Å². The van der Waals surface area contributed by atoms with E-state index in [1.54, 1.807) is 33.5 Å². The van der Waals surface area contributed by atoms with Crippen LogP contribution >= 0.6 is 23.4 Å². The second-order valence-electron chi connectivity index (χ2n) is 6.47. The fraction of sp³-hybridized carbons (Fsp3) is 0.143. The van der Waals surface area contributed by atoms with Crippen LogP contribution < -0.4 is 0 Å². The second kappa shape index (κ2) is 7.57. The molecule has 0 saturated carbocycles. The van der Waals surface area contributed by atoms with Gasteiger partial charge in [0.1, 0.15) is 0 Å². The average Bonchev–Trinajstić information content (AvgIpc) is 3.28. The summed E-state index contributed by atoms with van der Waals surface area (Å²) in [5.41, 5.74) is 1.36. The van der Waals surface area contributed by atoms with E-state index in [2.05, 4.69) is 5.10 Å². The Kier molecular flexibility index (Phi) is 5.10. The Bertz CT molecular complexity index is 1250. The van der Waals surface area contributed by atoms with Gasteiger partial charge in [0.2, 0.25) is 0 Å². The molecule has 29 heavy (non-hydrogen) atoms. The number of carboxylic acids is 1. The number of aromatic carboxylic acids is 1. The fourth-order valence-corrected chi connectivity index (χ4v) is 4.51. The maximum atomic E-state index is 15.1. The number of fused-ring (bicyclic) bond motifs is 1.